The largest absolute Gasteiger partial charge is 0.431 e. The molecule has 0 unspecified atom stereocenters. The SMILES string of the molecule is Cc1coc(NS(=O)(=O)N2CCNCC2)n1. The molecule has 0 atom stereocenters. The first-order valence-corrected chi connectivity index (χ1v) is 6.43. The van der Waals surface area contributed by atoms with Crippen LogP contribution in [0, 0.1) is 6.92 Å². The molecule has 0 amide bonds. The molecule has 1 saturated heterocycles. The van der Waals surface area contributed by atoms with Gasteiger partial charge in [-0.05, 0) is 6.92 Å². The lowest BCUT2D eigenvalue weighted by molar-refractivity contribution is 0.362. The van der Waals surface area contributed by atoms with Crippen molar-refractivity contribution in [2.24, 2.45) is 0 Å². The van der Waals surface area contributed by atoms with Crippen LogP contribution in [0.3, 0.4) is 0 Å². The van der Waals surface area contributed by atoms with E-state index in [9.17, 15) is 8.42 Å². The van der Waals surface area contributed by atoms with Crippen molar-refractivity contribution in [1.29, 1.82) is 0 Å². The number of hydrogen-bond donors (Lipinski definition) is 2. The van der Waals surface area contributed by atoms with Crippen LogP contribution in [0.2, 0.25) is 0 Å². The molecule has 0 aliphatic carbocycles. The first-order valence-electron chi connectivity index (χ1n) is 4.99. The first-order chi connectivity index (χ1) is 7.58. The fourth-order valence-electron chi connectivity index (χ4n) is 1.46. The van der Waals surface area contributed by atoms with E-state index >= 15 is 0 Å². The van der Waals surface area contributed by atoms with Gasteiger partial charge in [-0.2, -0.15) is 17.7 Å². The number of rotatable bonds is 3. The molecular formula is C8H14N4O3S. The van der Waals surface area contributed by atoms with Gasteiger partial charge in [-0.3, -0.25) is 0 Å². The average Bonchev–Trinajstić information content (AvgIpc) is 2.64. The van der Waals surface area contributed by atoms with Crippen LogP contribution in [-0.2, 0) is 10.2 Å². The quantitative estimate of drug-likeness (QED) is 0.754. The maximum atomic E-state index is 11.9. The zero-order valence-corrected chi connectivity index (χ0v) is 9.75. The maximum absolute atomic E-state index is 11.9. The minimum Gasteiger partial charge on any atom is -0.431 e. The molecule has 0 bridgehead atoms. The number of anilines is 1. The Kier molecular flexibility index (Phi) is 3.13. The molecule has 0 spiro atoms. The predicted molar refractivity (Wildman–Crippen MR) is 58.2 cm³/mol. The summed E-state index contributed by atoms with van der Waals surface area (Å²) >= 11 is 0. The Labute approximate surface area is 94.0 Å². The van der Waals surface area contributed by atoms with E-state index < -0.39 is 10.2 Å². The van der Waals surface area contributed by atoms with Gasteiger partial charge in [0.25, 0.3) is 0 Å². The molecule has 2 N–H and O–H groups in total. The molecule has 0 saturated carbocycles. The van der Waals surface area contributed by atoms with E-state index in [2.05, 4.69) is 15.0 Å². The molecule has 8 heteroatoms. The molecule has 7 nitrogen and oxygen atoms in total. The van der Waals surface area contributed by atoms with Gasteiger partial charge in [0, 0.05) is 26.2 Å². The van der Waals surface area contributed by atoms with Crippen LogP contribution >= 0.6 is 0 Å². The predicted octanol–water partition coefficient (Wildman–Crippen LogP) is -0.455. The molecule has 1 aromatic heterocycles. The van der Waals surface area contributed by atoms with Crippen molar-refractivity contribution in [3.05, 3.63) is 12.0 Å². The minimum absolute atomic E-state index is 0.0102. The first kappa shape index (κ1) is 11.4. The third kappa shape index (κ3) is 2.52. The van der Waals surface area contributed by atoms with Crippen LogP contribution < -0.4 is 10.0 Å². The number of nitrogens with zero attached hydrogens (tertiary/aromatic N) is 2. The highest BCUT2D eigenvalue weighted by molar-refractivity contribution is 7.90. The van der Waals surface area contributed by atoms with Crippen molar-refractivity contribution in [2.45, 2.75) is 6.92 Å². The number of piperazine rings is 1. The number of nitrogens with one attached hydrogen (secondary N) is 2. The highest BCUT2D eigenvalue weighted by Gasteiger charge is 2.24. The highest BCUT2D eigenvalue weighted by Crippen LogP contribution is 2.11. The Hall–Kier alpha value is -1.12. The molecule has 0 aromatic carbocycles. The Morgan fingerprint density at radius 2 is 2.19 bits per heavy atom. The van der Waals surface area contributed by atoms with E-state index in [-0.39, 0.29) is 6.01 Å². The third-order valence-corrected chi connectivity index (χ3v) is 3.73. The van der Waals surface area contributed by atoms with Crippen molar-refractivity contribution >= 4 is 16.2 Å². The van der Waals surface area contributed by atoms with E-state index in [0.717, 1.165) is 0 Å². The highest BCUT2D eigenvalue weighted by atomic mass is 32.2. The van der Waals surface area contributed by atoms with E-state index in [1.807, 2.05) is 0 Å². The molecular weight excluding hydrogens is 232 g/mol. The molecule has 2 heterocycles. The molecule has 90 valence electrons. The molecule has 1 fully saturated rings. The van der Waals surface area contributed by atoms with Crippen molar-refractivity contribution in [3.8, 4) is 0 Å². The zero-order chi connectivity index (χ0) is 11.6. The smallest absolute Gasteiger partial charge is 0.309 e. The van der Waals surface area contributed by atoms with Gasteiger partial charge in [-0.25, -0.2) is 4.72 Å². The second-order valence-electron chi connectivity index (χ2n) is 3.55. The van der Waals surface area contributed by atoms with Crippen molar-refractivity contribution in [3.63, 3.8) is 0 Å². The van der Waals surface area contributed by atoms with Gasteiger partial charge in [0.2, 0.25) is 0 Å². The summed E-state index contributed by atoms with van der Waals surface area (Å²) in [4.78, 5) is 3.89. The van der Waals surface area contributed by atoms with E-state index in [1.165, 1.54) is 10.6 Å². The average molecular weight is 246 g/mol. The maximum Gasteiger partial charge on any atom is 0.309 e. The summed E-state index contributed by atoms with van der Waals surface area (Å²) in [5.74, 6) is 0. The second-order valence-corrected chi connectivity index (χ2v) is 5.22. The summed E-state index contributed by atoms with van der Waals surface area (Å²) in [7, 11) is -3.54. The van der Waals surface area contributed by atoms with Gasteiger partial charge < -0.3 is 9.73 Å². The molecule has 2 rings (SSSR count). The van der Waals surface area contributed by atoms with Crippen molar-refractivity contribution in [1.82, 2.24) is 14.6 Å². The number of aryl methyl sites for hydroxylation is 1. The molecule has 1 aromatic rings. The number of aromatic nitrogens is 1. The van der Waals surface area contributed by atoms with E-state index in [4.69, 9.17) is 4.42 Å². The second kappa shape index (κ2) is 4.40. The summed E-state index contributed by atoms with van der Waals surface area (Å²) < 4.78 is 32.3. The Bertz CT molecular complexity index is 450. The van der Waals surface area contributed by atoms with Crippen LogP contribution in [-0.4, -0.2) is 43.9 Å². The topological polar surface area (TPSA) is 87.5 Å². The summed E-state index contributed by atoms with van der Waals surface area (Å²) in [6.07, 6.45) is 1.40. The number of hydrogen-bond acceptors (Lipinski definition) is 5. The van der Waals surface area contributed by atoms with Gasteiger partial charge in [0.05, 0.1) is 5.69 Å². The van der Waals surface area contributed by atoms with Crippen LogP contribution in [0.15, 0.2) is 10.7 Å². The molecule has 1 aliphatic rings. The minimum atomic E-state index is -3.54. The van der Waals surface area contributed by atoms with Crippen LogP contribution in [0.4, 0.5) is 6.01 Å². The Balaban J connectivity index is 2.07. The molecule has 0 radical (unpaired) electrons. The van der Waals surface area contributed by atoms with Crippen LogP contribution in [0.5, 0.6) is 0 Å². The fraction of sp³-hybridized carbons (Fsp3) is 0.625. The number of oxazole rings is 1. The normalized spacial score (nSPS) is 18.6. The lowest BCUT2D eigenvalue weighted by Gasteiger charge is -2.25. The van der Waals surface area contributed by atoms with Gasteiger partial charge in [-0.1, -0.05) is 0 Å². The van der Waals surface area contributed by atoms with Crippen LogP contribution in [0.1, 0.15) is 5.69 Å². The lowest BCUT2D eigenvalue weighted by Crippen LogP contribution is -2.48. The van der Waals surface area contributed by atoms with E-state index in [1.54, 1.807) is 6.92 Å². The molecule has 1 aliphatic heterocycles. The van der Waals surface area contributed by atoms with Gasteiger partial charge in [0.15, 0.2) is 0 Å². The van der Waals surface area contributed by atoms with Crippen LogP contribution in [0.25, 0.3) is 0 Å². The van der Waals surface area contributed by atoms with Gasteiger partial charge >= 0.3 is 16.2 Å². The molecule has 16 heavy (non-hydrogen) atoms. The Morgan fingerprint density at radius 1 is 1.50 bits per heavy atom. The summed E-state index contributed by atoms with van der Waals surface area (Å²) in [6, 6.07) is 0.0102. The summed E-state index contributed by atoms with van der Waals surface area (Å²) in [5.41, 5.74) is 0.637. The lowest BCUT2D eigenvalue weighted by atomic mass is 10.4. The fourth-order valence-corrected chi connectivity index (χ4v) is 2.57. The standard InChI is InChI=1S/C8H14N4O3S/c1-7-6-15-8(10-7)11-16(13,14)12-4-2-9-3-5-12/h6,9H,2-5H2,1H3,(H,10,11). The van der Waals surface area contributed by atoms with Crippen molar-refractivity contribution < 1.29 is 12.8 Å². The van der Waals surface area contributed by atoms with Crippen molar-refractivity contribution in [2.75, 3.05) is 30.9 Å². The Morgan fingerprint density at radius 3 is 2.75 bits per heavy atom. The summed E-state index contributed by atoms with van der Waals surface area (Å²) in [5, 5.41) is 3.08. The monoisotopic (exact) mass is 246 g/mol. The van der Waals surface area contributed by atoms with E-state index in [0.29, 0.717) is 31.9 Å². The summed E-state index contributed by atoms with van der Waals surface area (Å²) in [6.45, 7) is 3.95. The van der Waals surface area contributed by atoms with Gasteiger partial charge in [0.1, 0.15) is 6.26 Å². The zero-order valence-electron chi connectivity index (χ0n) is 8.93. The third-order valence-electron chi connectivity index (χ3n) is 2.25. The van der Waals surface area contributed by atoms with Gasteiger partial charge in [-0.15, -0.1) is 0 Å².